The molecule has 1 unspecified atom stereocenters. The highest BCUT2D eigenvalue weighted by Crippen LogP contribution is 2.17. The van der Waals surface area contributed by atoms with E-state index in [2.05, 4.69) is 25.4 Å². The first-order valence-corrected chi connectivity index (χ1v) is 8.10. The van der Waals surface area contributed by atoms with E-state index in [0.29, 0.717) is 11.4 Å². The van der Waals surface area contributed by atoms with Gasteiger partial charge in [-0.25, -0.2) is 4.98 Å². The molecule has 6 nitrogen and oxygen atoms in total. The molecule has 0 saturated heterocycles. The van der Waals surface area contributed by atoms with Gasteiger partial charge in [-0.15, -0.1) is 0 Å². The summed E-state index contributed by atoms with van der Waals surface area (Å²) in [6.45, 7) is 0.728. The zero-order valence-corrected chi connectivity index (χ0v) is 14.3. The molecule has 0 radical (unpaired) electrons. The van der Waals surface area contributed by atoms with Gasteiger partial charge in [0.1, 0.15) is 6.33 Å². The predicted octanol–water partition coefficient (Wildman–Crippen LogP) is 2.50. The summed E-state index contributed by atoms with van der Waals surface area (Å²) in [5, 5.41) is 9.77. The second kappa shape index (κ2) is 7.72. The van der Waals surface area contributed by atoms with Gasteiger partial charge in [-0.3, -0.25) is 9.89 Å². The molecule has 6 heteroatoms. The van der Waals surface area contributed by atoms with Crippen LogP contribution in [0, 0.1) is 0 Å². The molecule has 1 atom stereocenters. The Hall–Kier alpha value is -2.99. The van der Waals surface area contributed by atoms with E-state index in [1.165, 1.54) is 6.33 Å². The Morgan fingerprint density at radius 1 is 1.12 bits per heavy atom. The van der Waals surface area contributed by atoms with Gasteiger partial charge in [0.15, 0.2) is 5.82 Å². The Bertz CT molecular complexity index is 798. The molecule has 0 aliphatic rings. The van der Waals surface area contributed by atoms with Crippen LogP contribution in [0.4, 0.5) is 0 Å². The lowest BCUT2D eigenvalue weighted by atomic mass is 10.1. The molecule has 3 rings (SSSR count). The van der Waals surface area contributed by atoms with E-state index in [9.17, 15) is 4.79 Å². The highest BCUT2D eigenvalue weighted by Gasteiger charge is 2.16. The van der Waals surface area contributed by atoms with Crippen molar-refractivity contribution in [2.45, 2.75) is 6.04 Å². The predicted molar refractivity (Wildman–Crippen MR) is 97.0 cm³/mol. The van der Waals surface area contributed by atoms with E-state index in [-0.39, 0.29) is 11.9 Å². The van der Waals surface area contributed by atoms with Crippen LogP contribution in [0.5, 0.6) is 0 Å². The van der Waals surface area contributed by atoms with Crippen LogP contribution >= 0.6 is 0 Å². The first-order chi connectivity index (χ1) is 12.1. The highest BCUT2D eigenvalue weighted by molar-refractivity contribution is 5.94. The molecule has 0 aliphatic carbocycles. The number of benzene rings is 2. The molecule has 0 saturated carbocycles. The Morgan fingerprint density at radius 2 is 1.84 bits per heavy atom. The summed E-state index contributed by atoms with van der Waals surface area (Å²) in [5.41, 5.74) is 2.59. The molecular formula is C19H21N5O. The third kappa shape index (κ3) is 4.30. The molecule has 1 amide bonds. The SMILES string of the molecule is CN(C)CC(NC(=O)c1ccc(-c2ncn[nH]2)cc1)c1ccccc1. The van der Waals surface area contributed by atoms with E-state index in [1.54, 1.807) is 12.1 Å². The number of hydrogen-bond acceptors (Lipinski definition) is 4. The van der Waals surface area contributed by atoms with E-state index in [0.717, 1.165) is 17.7 Å². The fraction of sp³-hybridized carbons (Fsp3) is 0.211. The van der Waals surface area contributed by atoms with Crippen LogP contribution in [0.2, 0.25) is 0 Å². The van der Waals surface area contributed by atoms with Crippen molar-refractivity contribution in [2.75, 3.05) is 20.6 Å². The van der Waals surface area contributed by atoms with Crippen molar-refractivity contribution in [1.29, 1.82) is 0 Å². The highest BCUT2D eigenvalue weighted by atomic mass is 16.1. The summed E-state index contributed by atoms with van der Waals surface area (Å²) < 4.78 is 0. The van der Waals surface area contributed by atoms with Crippen molar-refractivity contribution in [1.82, 2.24) is 25.4 Å². The van der Waals surface area contributed by atoms with Gasteiger partial charge in [0.05, 0.1) is 6.04 Å². The summed E-state index contributed by atoms with van der Waals surface area (Å²) in [7, 11) is 3.99. The van der Waals surface area contributed by atoms with Crippen molar-refractivity contribution in [3.8, 4) is 11.4 Å². The number of nitrogens with one attached hydrogen (secondary N) is 2. The average Bonchev–Trinajstić information content (AvgIpc) is 3.16. The molecule has 0 spiro atoms. The van der Waals surface area contributed by atoms with Gasteiger partial charge in [-0.05, 0) is 31.8 Å². The molecule has 2 N–H and O–H groups in total. The van der Waals surface area contributed by atoms with Gasteiger partial charge in [-0.1, -0.05) is 42.5 Å². The molecule has 2 aromatic carbocycles. The summed E-state index contributed by atoms with van der Waals surface area (Å²) in [4.78, 5) is 18.8. The molecule has 0 aliphatic heterocycles. The van der Waals surface area contributed by atoms with Crippen LogP contribution in [0.1, 0.15) is 22.0 Å². The minimum atomic E-state index is -0.0974. The second-order valence-electron chi connectivity index (χ2n) is 6.11. The minimum Gasteiger partial charge on any atom is -0.344 e. The fourth-order valence-electron chi connectivity index (χ4n) is 2.65. The summed E-state index contributed by atoms with van der Waals surface area (Å²) in [6.07, 6.45) is 1.46. The van der Waals surface area contributed by atoms with Gasteiger partial charge >= 0.3 is 0 Å². The quantitative estimate of drug-likeness (QED) is 0.726. The Balaban J connectivity index is 1.74. The smallest absolute Gasteiger partial charge is 0.251 e. The third-order valence-electron chi connectivity index (χ3n) is 3.89. The van der Waals surface area contributed by atoms with Gasteiger partial charge in [0.25, 0.3) is 5.91 Å². The number of carbonyl (C=O) groups excluding carboxylic acids is 1. The molecule has 1 aromatic heterocycles. The number of amides is 1. The van der Waals surface area contributed by atoms with Gasteiger partial charge in [0, 0.05) is 17.7 Å². The lowest BCUT2D eigenvalue weighted by Crippen LogP contribution is -2.35. The van der Waals surface area contributed by atoms with Crippen molar-refractivity contribution in [2.24, 2.45) is 0 Å². The van der Waals surface area contributed by atoms with Crippen molar-refractivity contribution >= 4 is 5.91 Å². The third-order valence-corrected chi connectivity index (χ3v) is 3.89. The van der Waals surface area contributed by atoms with E-state index < -0.39 is 0 Å². The van der Waals surface area contributed by atoms with Crippen LogP contribution in [0.3, 0.4) is 0 Å². The molecule has 1 heterocycles. The van der Waals surface area contributed by atoms with Crippen LogP contribution in [0.15, 0.2) is 60.9 Å². The number of likely N-dealkylation sites (N-methyl/N-ethyl adjacent to an activating group) is 1. The molecule has 0 fully saturated rings. The molecule has 25 heavy (non-hydrogen) atoms. The lowest BCUT2D eigenvalue weighted by Gasteiger charge is -2.23. The Labute approximate surface area is 146 Å². The molecule has 3 aromatic rings. The van der Waals surface area contributed by atoms with Crippen molar-refractivity contribution in [3.63, 3.8) is 0 Å². The Kier molecular flexibility index (Phi) is 5.20. The number of carbonyl (C=O) groups is 1. The standard InChI is InChI=1S/C19H21N5O/c1-24(2)12-17(14-6-4-3-5-7-14)22-19(25)16-10-8-15(9-11-16)18-20-13-21-23-18/h3-11,13,17H,12H2,1-2H3,(H,22,25)(H,20,21,23). The van der Waals surface area contributed by atoms with Crippen LogP contribution in [-0.2, 0) is 0 Å². The zero-order valence-electron chi connectivity index (χ0n) is 14.3. The maximum absolute atomic E-state index is 12.6. The number of aromatic amines is 1. The summed E-state index contributed by atoms with van der Waals surface area (Å²) in [6, 6.07) is 17.2. The van der Waals surface area contributed by atoms with E-state index >= 15 is 0 Å². The lowest BCUT2D eigenvalue weighted by molar-refractivity contribution is 0.0930. The van der Waals surface area contributed by atoms with Crippen LogP contribution < -0.4 is 5.32 Å². The normalized spacial score (nSPS) is 12.1. The Morgan fingerprint density at radius 3 is 2.44 bits per heavy atom. The van der Waals surface area contributed by atoms with Crippen molar-refractivity contribution in [3.05, 3.63) is 72.1 Å². The van der Waals surface area contributed by atoms with Crippen LogP contribution in [0.25, 0.3) is 11.4 Å². The number of hydrogen-bond donors (Lipinski definition) is 2. The topological polar surface area (TPSA) is 73.9 Å². The summed E-state index contributed by atoms with van der Waals surface area (Å²) >= 11 is 0. The van der Waals surface area contributed by atoms with Crippen LogP contribution in [-0.4, -0.2) is 46.6 Å². The van der Waals surface area contributed by atoms with Gasteiger partial charge < -0.3 is 10.2 Å². The zero-order chi connectivity index (χ0) is 17.6. The number of aromatic nitrogens is 3. The van der Waals surface area contributed by atoms with E-state index in [4.69, 9.17) is 0 Å². The first kappa shape index (κ1) is 16.9. The largest absolute Gasteiger partial charge is 0.344 e. The molecule has 128 valence electrons. The van der Waals surface area contributed by atoms with Gasteiger partial charge in [0.2, 0.25) is 0 Å². The summed E-state index contributed by atoms with van der Waals surface area (Å²) in [5.74, 6) is 0.585. The van der Waals surface area contributed by atoms with E-state index in [1.807, 2.05) is 56.6 Å². The number of nitrogens with zero attached hydrogens (tertiary/aromatic N) is 3. The minimum absolute atomic E-state index is 0.0716. The maximum atomic E-state index is 12.6. The fourth-order valence-corrected chi connectivity index (χ4v) is 2.65. The second-order valence-corrected chi connectivity index (χ2v) is 6.11. The molecular weight excluding hydrogens is 314 g/mol. The average molecular weight is 335 g/mol. The maximum Gasteiger partial charge on any atom is 0.251 e. The monoisotopic (exact) mass is 335 g/mol. The number of H-pyrrole nitrogens is 1. The van der Waals surface area contributed by atoms with Crippen molar-refractivity contribution < 1.29 is 4.79 Å². The molecule has 0 bridgehead atoms. The van der Waals surface area contributed by atoms with Gasteiger partial charge in [-0.2, -0.15) is 5.10 Å². The first-order valence-electron chi connectivity index (χ1n) is 8.10. The number of rotatable bonds is 6.